The fourth-order valence-electron chi connectivity index (χ4n) is 3.68. The molecule has 26 heavy (non-hydrogen) atoms. The van der Waals surface area contributed by atoms with Gasteiger partial charge < -0.3 is 9.30 Å². The molecule has 0 saturated heterocycles. The van der Waals surface area contributed by atoms with Gasteiger partial charge >= 0.3 is 5.97 Å². The fourth-order valence-corrected chi connectivity index (χ4v) is 5.97. The standard InChI is InChI=1S/C20H20N2O3S/c1-22-17-11-7-6-10-16(17)19-14(12-18(23)25-2)13-26(24,21-20(19)22)15-8-4-3-5-9-15/h3-11,14H,12-13H2,1-2H3/t14-,26?/m1/s1. The Hall–Kier alpha value is -2.60. The lowest BCUT2D eigenvalue weighted by atomic mass is 9.96. The minimum Gasteiger partial charge on any atom is -0.469 e. The van der Waals surface area contributed by atoms with Gasteiger partial charge in [0.15, 0.2) is 0 Å². The van der Waals surface area contributed by atoms with Crippen molar-refractivity contribution in [1.82, 2.24) is 4.57 Å². The third kappa shape index (κ3) is 2.61. The second kappa shape index (κ2) is 6.29. The number of aryl methyl sites for hydroxylation is 1. The van der Waals surface area contributed by atoms with Gasteiger partial charge in [-0.15, -0.1) is 0 Å². The van der Waals surface area contributed by atoms with Crippen LogP contribution in [-0.2, 0) is 26.3 Å². The highest BCUT2D eigenvalue weighted by Gasteiger charge is 2.34. The Balaban J connectivity index is 1.99. The Kier molecular flexibility index (Phi) is 4.07. The average Bonchev–Trinajstić information content (AvgIpc) is 2.95. The highest BCUT2D eigenvalue weighted by molar-refractivity contribution is 7.93. The molecule has 5 nitrogen and oxygen atoms in total. The number of nitrogens with zero attached hydrogens (tertiary/aromatic N) is 2. The molecule has 0 aliphatic carbocycles. The van der Waals surface area contributed by atoms with Gasteiger partial charge in [-0.05, 0) is 18.2 Å². The lowest BCUT2D eigenvalue weighted by Gasteiger charge is -2.24. The molecule has 0 N–H and O–H groups in total. The van der Waals surface area contributed by atoms with E-state index in [0.717, 1.165) is 16.5 Å². The van der Waals surface area contributed by atoms with Gasteiger partial charge in [0.2, 0.25) is 0 Å². The zero-order valence-corrected chi connectivity index (χ0v) is 15.5. The second-order valence-electron chi connectivity index (χ2n) is 6.50. The van der Waals surface area contributed by atoms with E-state index in [4.69, 9.17) is 9.10 Å². The van der Waals surface area contributed by atoms with Crippen molar-refractivity contribution in [3.8, 4) is 0 Å². The molecule has 134 valence electrons. The van der Waals surface area contributed by atoms with Crippen LogP contribution < -0.4 is 0 Å². The maximum atomic E-state index is 13.7. The molecule has 0 saturated carbocycles. The van der Waals surface area contributed by atoms with E-state index in [1.54, 1.807) is 0 Å². The van der Waals surface area contributed by atoms with E-state index in [9.17, 15) is 9.00 Å². The molecule has 0 bridgehead atoms. The number of carbonyl (C=O) groups is 1. The van der Waals surface area contributed by atoms with E-state index in [0.29, 0.717) is 16.5 Å². The first kappa shape index (κ1) is 16.8. The molecule has 0 radical (unpaired) electrons. The summed E-state index contributed by atoms with van der Waals surface area (Å²) in [4.78, 5) is 12.7. The van der Waals surface area contributed by atoms with Crippen molar-refractivity contribution >= 4 is 32.4 Å². The van der Waals surface area contributed by atoms with Crippen LogP contribution in [0, 0.1) is 0 Å². The van der Waals surface area contributed by atoms with Gasteiger partial charge in [0.25, 0.3) is 0 Å². The van der Waals surface area contributed by atoms with Crippen LogP contribution in [-0.4, -0.2) is 27.6 Å². The molecule has 0 spiro atoms. The molecule has 2 heterocycles. The molecule has 0 fully saturated rings. The summed E-state index contributed by atoms with van der Waals surface area (Å²) >= 11 is 0. The monoisotopic (exact) mass is 368 g/mol. The van der Waals surface area contributed by atoms with E-state index in [2.05, 4.69) is 0 Å². The lowest BCUT2D eigenvalue weighted by molar-refractivity contribution is -0.140. The molecular formula is C20H20N2O3S. The summed E-state index contributed by atoms with van der Waals surface area (Å²) < 4.78 is 25.3. The fraction of sp³-hybridized carbons (Fsp3) is 0.250. The minimum absolute atomic E-state index is 0.191. The first-order valence-corrected chi connectivity index (χ1v) is 10.2. The molecule has 3 aromatic rings. The average molecular weight is 368 g/mol. The van der Waals surface area contributed by atoms with Gasteiger partial charge in [-0.1, -0.05) is 36.4 Å². The molecule has 1 unspecified atom stereocenters. The van der Waals surface area contributed by atoms with Crippen LogP contribution in [0.3, 0.4) is 0 Å². The number of benzene rings is 2. The number of methoxy groups -OCH3 is 1. The van der Waals surface area contributed by atoms with E-state index in [-0.39, 0.29) is 18.3 Å². The quantitative estimate of drug-likeness (QED) is 0.657. The summed E-state index contributed by atoms with van der Waals surface area (Å²) in [6.07, 6.45) is 0.191. The van der Waals surface area contributed by atoms with Crippen molar-refractivity contribution in [2.24, 2.45) is 11.4 Å². The molecule has 2 aromatic carbocycles. The molecular weight excluding hydrogens is 348 g/mol. The van der Waals surface area contributed by atoms with E-state index in [1.165, 1.54) is 7.11 Å². The highest BCUT2D eigenvalue weighted by Crippen LogP contribution is 2.44. The van der Waals surface area contributed by atoms with Crippen LogP contribution >= 0.6 is 0 Å². The Morgan fingerprint density at radius 3 is 2.62 bits per heavy atom. The van der Waals surface area contributed by atoms with Crippen molar-refractivity contribution in [1.29, 1.82) is 0 Å². The number of esters is 1. The van der Waals surface area contributed by atoms with Crippen LogP contribution in [0.25, 0.3) is 10.9 Å². The number of ether oxygens (including phenoxy) is 1. The van der Waals surface area contributed by atoms with Crippen LogP contribution in [0.15, 0.2) is 63.9 Å². The van der Waals surface area contributed by atoms with Crippen LogP contribution in [0.2, 0.25) is 0 Å². The smallest absolute Gasteiger partial charge is 0.306 e. The molecule has 4 rings (SSSR count). The summed E-state index contributed by atoms with van der Waals surface area (Å²) in [5.74, 6) is 0.507. The molecule has 1 aliphatic heterocycles. The van der Waals surface area contributed by atoms with Crippen molar-refractivity contribution in [2.45, 2.75) is 17.2 Å². The predicted octanol–water partition coefficient (Wildman–Crippen LogP) is 4.00. The van der Waals surface area contributed by atoms with Gasteiger partial charge in [0.1, 0.15) is 5.82 Å². The summed E-state index contributed by atoms with van der Waals surface area (Å²) in [6.45, 7) is 0. The van der Waals surface area contributed by atoms with E-state index >= 15 is 0 Å². The second-order valence-corrected chi connectivity index (χ2v) is 8.77. The predicted molar refractivity (Wildman–Crippen MR) is 102 cm³/mol. The summed E-state index contributed by atoms with van der Waals surface area (Å²) in [5, 5.41) is 1.05. The number of rotatable bonds is 3. The lowest BCUT2D eigenvalue weighted by Crippen LogP contribution is -2.21. The maximum Gasteiger partial charge on any atom is 0.306 e. The summed E-state index contributed by atoms with van der Waals surface area (Å²) in [6, 6.07) is 17.3. The zero-order valence-electron chi connectivity index (χ0n) is 14.7. The van der Waals surface area contributed by atoms with Gasteiger partial charge in [0, 0.05) is 40.1 Å². The van der Waals surface area contributed by atoms with Gasteiger partial charge in [-0.2, -0.15) is 4.36 Å². The number of hydrogen-bond donors (Lipinski definition) is 0. The normalized spacial score (nSPS) is 21.8. The van der Waals surface area contributed by atoms with Crippen LogP contribution in [0.5, 0.6) is 0 Å². The summed E-state index contributed by atoms with van der Waals surface area (Å²) in [7, 11) is 0.651. The Labute approximate surface area is 152 Å². The first-order valence-electron chi connectivity index (χ1n) is 8.47. The van der Waals surface area contributed by atoms with Crippen molar-refractivity contribution < 1.29 is 13.7 Å². The largest absolute Gasteiger partial charge is 0.469 e. The number of fused-ring (bicyclic) bond motifs is 3. The SMILES string of the molecule is COC(=O)C[C@@H]1CS(=O)(c2ccccc2)=Nc2c1c1ccccc1n2C. The van der Waals surface area contributed by atoms with Gasteiger partial charge in [-0.25, -0.2) is 4.21 Å². The van der Waals surface area contributed by atoms with Crippen molar-refractivity contribution in [3.05, 3.63) is 60.2 Å². The number of para-hydroxylation sites is 1. The van der Waals surface area contributed by atoms with Crippen LogP contribution in [0.1, 0.15) is 17.9 Å². The third-order valence-electron chi connectivity index (χ3n) is 4.94. The molecule has 1 aliphatic rings. The molecule has 0 amide bonds. The number of carbonyl (C=O) groups excluding carboxylic acids is 1. The molecule has 1 aromatic heterocycles. The zero-order chi connectivity index (χ0) is 18.3. The van der Waals surface area contributed by atoms with Crippen molar-refractivity contribution in [3.63, 3.8) is 0 Å². The molecule has 6 heteroatoms. The van der Waals surface area contributed by atoms with E-state index < -0.39 is 9.73 Å². The minimum atomic E-state index is -2.66. The first-order chi connectivity index (χ1) is 12.5. The Morgan fingerprint density at radius 2 is 1.88 bits per heavy atom. The highest BCUT2D eigenvalue weighted by atomic mass is 32.2. The van der Waals surface area contributed by atoms with E-state index in [1.807, 2.05) is 66.2 Å². The van der Waals surface area contributed by atoms with Gasteiger partial charge in [0.05, 0.1) is 23.3 Å². The maximum absolute atomic E-state index is 13.7. The number of aromatic nitrogens is 1. The topological polar surface area (TPSA) is 60.7 Å². The Bertz CT molecular complexity index is 1110. The molecule has 2 atom stereocenters. The summed E-state index contributed by atoms with van der Waals surface area (Å²) in [5.41, 5.74) is 2.01. The number of hydrogen-bond acceptors (Lipinski definition) is 4. The Morgan fingerprint density at radius 1 is 1.19 bits per heavy atom. The third-order valence-corrected chi connectivity index (χ3v) is 7.27. The van der Waals surface area contributed by atoms with Crippen LogP contribution in [0.4, 0.5) is 5.82 Å². The van der Waals surface area contributed by atoms with Gasteiger partial charge in [-0.3, -0.25) is 4.79 Å². The van der Waals surface area contributed by atoms with Crippen molar-refractivity contribution in [2.75, 3.05) is 12.9 Å².